The molecule has 2 heterocycles. The zero-order chi connectivity index (χ0) is 18.0. The summed E-state index contributed by atoms with van der Waals surface area (Å²) in [6, 6.07) is 9.92. The van der Waals surface area contributed by atoms with Crippen molar-refractivity contribution < 1.29 is 9.59 Å². The highest BCUT2D eigenvalue weighted by molar-refractivity contribution is 7.10. The first-order valence-corrected chi connectivity index (χ1v) is 9.53. The number of rotatable bonds is 4. The summed E-state index contributed by atoms with van der Waals surface area (Å²) >= 11 is 1.77. The number of amides is 2. The molecule has 0 fully saturated rings. The van der Waals surface area contributed by atoms with E-state index >= 15 is 0 Å². The van der Waals surface area contributed by atoms with Crippen LogP contribution >= 0.6 is 11.3 Å². The van der Waals surface area contributed by atoms with Gasteiger partial charge in [0.25, 0.3) is 0 Å². The van der Waals surface area contributed by atoms with E-state index in [9.17, 15) is 9.59 Å². The van der Waals surface area contributed by atoms with E-state index in [-0.39, 0.29) is 30.3 Å². The molecule has 1 aromatic heterocycles. The molecule has 3 rings (SSSR count). The molecule has 25 heavy (non-hydrogen) atoms. The predicted octanol–water partition coefficient (Wildman–Crippen LogP) is 3.77. The Morgan fingerprint density at radius 1 is 1.28 bits per heavy atom. The molecule has 1 aliphatic rings. The number of fused-ring (bicyclic) bond motifs is 1. The van der Waals surface area contributed by atoms with Crippen LogP contribution in [0.3, 0.4) is 0 Å². The molecule has 2 aromatic rings. The van der Waals surface area contributed by atoms with Gasteiger partial charge in [-0.15, -0.1) is 11.3 Å². The first kappa shape index (κ1) is 17.7. The predicted molar refractivity (Wildman–Crippen MR) is 101 cm³/mol. The number of carbonyl (C=O) groups excluding carboxylic acids is 2. The third kappa shape index (κ3) is 3.93. The standard InChI is InChI=1S/C20H24N2O2S/c1-13-4-6-16(7-5-13)18(21-15(3)23)12-20(24)22-10-8-19-17(14(22)2)9-11-25-19/h4-7,9,11,14,18H,8,10,12H2,1-3H3,(H,21,23). The molecular formula is C20H24N2O2S. The molecule has 4 nitrogen and oxygen atoms in total. The van der Waals surface area contributed by atoms with Crippen LogP contribution < -0.4 is 5.32 Å². The number of carbonyl (C=O) groups is 2. The number of hydrogen-bond donors (Lipinski definition) is 1. The van der Waals surface area contributed by atoms with E-state index in [4.69, 9.17) is 0 Å². The van der Waals surface area contributed by atoms with Crippen LogP contribution in [0.15, 0.2) is 35.7 Å². The molecule has 2 amide bonds. The lowest BCUT2D eigenvalue weighted by molar-refractivity contribution is -0.134. The molecule has 0 radical (unpaired) electrons. The number of thiophene rings is 1. The monoisotopic (exact) mass is 356 g/mol. The molecule has 1 aliphatic heterocycles. The molecule has 2 atom stereocenters. The summed E-state index contributed by atoms with van der Waals surface area (Å²) in [5, 5.41) is 5.03. The van der Waals surface area contributed by atoms with Crippen molar-refractivity contribution in [2.45, 2.75) is 45.7 Å². The molecule has 0 saturated heterocycles. The van der Waals surface area contributed by atoms with Gasteiger partial charge >= 0.3 is 0 Å². The van der Waals surface area contributed by atoms with Gasteiger partial charge in [-0.2, -0.15) is 0 Å². The molecular weight excluding hydrogens is 332 g/mol. The number of nitrogens with one attached hydrogen (secondary N) is 1. The number of nitrogens with zero attached hydrogens (tertiary/aromatic N) is 1. The number of benzene rings is 1. The Balaban J connectivity index is 1.76. The summed E-state index contributed by atoms with van der Waals surface area (Å²) in [7, 11) is 0. The van der Waals surface area contributed by atoms with Gasteiger partial charge in [0.2, 0.25) is 11.8 Å². The third-order valence-corrected chi connectivity index (χ3v) is 5.83. The van der Waals surface area contributed by atoms with Gasteiger partial charge in [-0.3, -0.25) is 9.59 Å². The van der Waals surface area contributed by atoms with Gasteiger partial charge in [0.05, 0.1) is 18.5 Å². The Bertz CT molecular complexity index is 766. The van der Waals surface area contributed by atoms with Crippen LogP contribution in [0.25, 0.3) is 0 Å². The van der Waals surface area contributed by atoms with E-state index < -0.39 is 0 Å². The Hall–Kier alpha value is -2.14. The lowest BCUT2D eigenvalue weighted by Gasteiger charge is -2.34. The van der Waals surface area contributed by atoms with Gasteiger partial charge in [-0.05, 0) is 42.8 Å². The van der Waals surface area contributed by atoms with Crippen LogP contribution in [0.2, 0.25) is 0 Å². The van der Waals surface area contributed by atoms with Gasteiger partial charge in [0, 0.05) is 18.3 Å². The summed E-state index contributed by atoms with van der Waals surface area (Å²) in [4.78, 5) is 27.9. The van der Waals surface area contributed by atoms with Crippen molar-refractivity contribution in [3.8, 4) is 0 Å². The fourth-order valence-corrected chi connectivity index (χ4v) is 4.40. The van der Waals surface area contributed by atoms with E-state index in [0.29, 0.717) is 0 Å². The van der Waals surface area contributed by atoms with Crippen molar-refractivity contribution in [2.24, 2.45) is 0 Å². The van der Waals surface area contributed by atoms with E-state index in [0.717, 1.165) is 24.1 Å². The normalized spacial score (nSPS) is 17.7. The Kier molecular flexibility index (Phi) is 5.23. The average Bonchev–Trinajstić information content (AvgIpc) is 3.04. The van der Waals surface area contributed by atoms with Crippen LogP contribution in [0.4, 0.5) is 0 Å². The molecule has 132 valence electrons. The highest BCUT2D eigenvalue weighted by Crippen LogP contribution is 2.34. The highest BCUT2D eigenvalue weighted by atomic mass is 32.1. The summed E-state index contributed by atoms with van der Waals surface area (Å²) in [5.41, 5.74) is 3.39. The average molecular weight is 356 g/mol. The van der Waals surface area contributed by atoms with Crippen LogP contribution in [0.1, 0.15) is 53.9 Å². The van der Waals surface area contributed by atoms with Crippen molar-refractivity contribution in [3.63, 3.8) is 0 Å². The maximum absolute atomic E-state index is 13.0. The largest absolute Gasteiger partial charge is 0.349 e. The summed E-state index contributed by atoms with van der Waals surface area (Å²) < 4.78 is 0. The second-order valence-corrected chi connectivity index (χ2v) is 7.68. The molecule has 0 aliphatic carbocycles. The molecule has 2 unspecified atom stereocenters. The first-order chi connectivity index (χ1) is 12.0. The fraction of sp³-hybridized carbons (Fsp3) is 0.400. The van der Waals surface area contributed by atoms with Gasteiger partial charge < -0.3 is 10.2 Å². The first-order valence-electron chi connectivity index (χ1n) is 8.65. The van der Waals surface area contributed by atoms with Gasteiger partial charge in [0.1, 0.15) is 0 Å². The SMILES string of the molecule is CC(=O)NC(CC(=O)N1CCc2sccc2C1C)c1ccc(C)cc1. The van der Waals surface area contributed by atoms with E-state index in [2.05, 4.69) is 23.7 Å². The van der Waals surface area contributed by atoms with Crippen molar-refractivity contribution in [2.75, 3.05) is 6.54 Å². The Morgan fingerprint density at radius 2 is 2.00 bits per heavy atom. The Morgan fingerprint density at radius 3 is 2.68 bits per heavy atom. The molecule has 1 aromatic carbocycles. The molecule has 0 bridgehead atoms. The topological polar surface area (TPSA) is 49.4 Å². The minimum absolute atomic E-state index is 0.0867. The molecule has 0 spiro atoms. The molecule has 5 heteroatoms. The smallest absolute Gasteiger partial charge is 0.225 e. The van der Waals surface area contributed by atoms with E-state index in [1.807, 2.05) is 36.1 Å². The maximum atomic E-state index is 13.0. The van der Waals surface area contributed by atoms with Crippen LogP contribution in [0, 0.1) is 6.92 Å². The van der Waals surface area contributed by atoms with Crippen molar-refractivity contribution in [3.05, 3.63) is 57.3 Å². The second kappa shape index (κ2) is 7.40. The number of aryl methyl sites for hydroxylation is 1. The summed E-state index contributed by atoms with van der Waals surface area (Å²) in [5.74, 6) is -0.0335. The van der Waals surface area contributed by atoms with Crippen LogP contribution in [0.5, 0.6) is 0 Å². The van der Waals surface area contributed by atoms with Crippen molar-refractivity contribution in [1.29, 1.82) is 0 Å². The highest BCUT2D eigenvalue weighted by Gasteiger charge is 2.30. The zero-order valence-corrected chi connectivity index (χ0v) is 15.7. The Labute approximate surface area is 152 Å². The van der Waals surface area contributed by atoms with Crippen molar-refractivity contribution >= 4 is 23.2 Å². The third-order valence-electron chi connectivity index (χ3n) is 4.83. The zero-order valence-electron chi connectivity index (χ0n) is 14.9. The molecule has 1 N–H and O–H groups in total. The molecule has 0 saturated carbocycles. The minimum Gasteiger partial charge on any atom is -0.349 e. The lowest BCUT2D eigenvalue weighted by Crippen LogP contribution is -2.40. The summed E-state index contributed by atoms with van der Waals surface area (Å²) in [6.07, 6.45) is 1.20. The fourth-order valence-electron chi connectivity index (χ4n) is 3.44. The van der Waals surface area contributed by atoms with E-state index in [1.54, 1.807) is 11.3 Å². The van der Waals surface area contributed by atoms with Crippen LogP contribution in [-0.4, -0.2) is 23.3 Å². The second-order valence-electron chi connectivity index (χ2n) is 6.68. The van der Waals surface area contributed by atoms with Gasteiger partial charge in [-0.1, -0.05) is 29.8 Å². The summed E-state index contributed by atoms with van der Waals surface area (Å²) in [6.45, 7) is 6.35. The quantitative estimate of drug-likeness (QED) is 0.906. The maximum Gasteiger partial charge on any atom is 0.225 e. The van der Waals surface area contributed by atoms with Gasteiger partial charge in [0.15, 0.2) is 0 Å². The van der Waals surface area contributed by atoms with E-state index in [1.165, 1.54) is 17.4 Å². The lowest BCUT2D eigenvalue weighted by atomic mass is 9.98. The van der Waals surface area contributed by atoms with Crippen molar-refractivity contribution in [1.82, 2.24) is 10.2 Å². The minimum atomic E-state index is -0.290. The van der Waals surface area contributed by atoms with Gasteiger partial charge in [-0.25, -0.2) is 0 Å². The van der Waals surface area contributed by atoms with Crippen LogP contribution in [-0.2, 0) is 16.0 Å². The number of hydrogen-bond acceptors (Lipinski definition) is 3.